The second kappa shape index (κ2) is 6.57. The Hall–Kier alpha value is -1.75. The molecule has 0 bridgehead atoms. The van der Waals surface area contributed by atoms with E-state index in [1.165, 1.54) is 5.56 Å². The Bertz CT molecular complexity index is 553. The lowest BCUT2D eigenvalue weighted by Crippen LogP contribution is -2.42. The van der Waals surface area contributed by atoms with E-state index < -0.39 is 0 Å². The van der Waals surface area contributed by atoms with Crippen LogP contribution in [-0.2, 0) is 11.2 Å². The molecular formula is C17H24N2O3. The number of fused-ring (bicyclic) bond motifs is 1. The summed E-state index contributed by atoms with van der Waals surface area (Å²) in [4.78, 5) is 12.4. The Labute approximate surface area is 131 Å². The van der Waals surface area contributed by atoms with Crippen LogP contribution in [0.5, 0.6) is 11.5 Å². The summed E-state index contributed by atoms with van der Waals surface area (Å²) in [5.41, 5.74) is 2.41. The second-order valence-electron chi connectivity index (χ2n) is 6.01. The average molecular weight is 304 g/mol. The fourth-order valence-corrected chi connectivity index (χ4v) is 3.46. The summed E-state index contributed by atoms with van der Waals surface area (Å²) in [7, 11) is 3.29. The molecule has 1 unspecified atom stereocenters. The number of carbonyl (C=O) groups excluding carboxylic acids is 1. The molecule has 1 aromatic carbocycles. The third-order valence-electron chi connectivity index (χ3n) is 4.65. The number of rotatable bonds is 4. The van der Waals surface area contributed by atoms with Crippen LogP contribution in [0.3, 0.4) is 0 Å². The Morgan fingerprint density at radius 1 is 1.18 bits per heavy atom. The SMILES string of the molecule is COc1cc2c(cc1OC)C(NC(=O)[C@@H]1CCCN1)CCC2. The maximum atomic E-state index is 12.4. The van der Waals surface area contributed by atoms with Crippen LogP contribution in [0.4, 0.5) is 0 Å². The number of carbonyl (C=O) groups is 1. The van der Waals surface area contributed by atoms with Crippen LogP contribution in [0.2, 0.25) is 0 Å². The summed E-state index contributed by atoms with van der Waals surface area (Å²) in [6.07, 6.45) is 5.07. The van der Waals surface area contributed by atoms with Gasteiger partial charge in [0.1, 0.15) is 0 Å². The standard InChI is InChI=1S/C17H24N2O3/c1-21-15-9-11-5-3-6-13(12(11)10-16(15)22-2)19-17(20)14-7-4-8-18-14/h9-10,13-14,18H,3-8H2,1-2H3,(H,19,20)/t13?,14-/m0/s1. The average Bonchev–Trinajstić information content (AvgIpc) is 3.08. The van der Waals surface area contributed by atoms with E-state index in [4.69, 9.17) is 9.47 Å². The Morgan fingerprint density at radius 2 is 1.95 bits per heavy atom. The summed E-state index contributed by atoms with van der Waals surface area (Å²) >= 11 is 0. The van der Waals surface area contributed by atoms with Crippen molar-refractivity contribution in [1.29, 1.82) is 0 Å². The normalized spacial score (nSPS) is 23.7. The molecule has 1 aliphatic heterocycles. The zero-order valence-electron chi connectivity index (χ0n) is 13.3. The second-order valence-corrected chi connectivity index (χ2v) is 6.01. The van der Waals surface area contributed by atoms with Crippen molar-refractivity contribution in [2.75, 3.05) is 20.8 Å². The molecule has 1 saturated heterocycles. The summed E-state index contributed by atoms with van der Waals surface area (Å²) < 4.78 is 10.8. The number of nitrogens with one attached hydrogen (secondary N) is 2. The number of methoxy groups -OCH3 is 2. The van der Waals surface area contributed by atoms with Gasteiger partial charge in [-0.05, 0) is 61.9 Å². The van der Waals surface area contributed by atoms with Gasteiger partial charge in [0.25, 0.3) is 0 Å². The van der Waals surface area contributed by atoms with Crippen molar-refractivity contribution in [2.45, 2.75) is 44.2 Å². The quantitative estimate of drug-likeness (QED) is 0.892. The Kier molecular flexibility index (Phi) is 4.52. The van der Waals surface area contributed by atoms with E-state index in [-0.39, 0.29) is 18.0 Å². The molecule has 3 rings (SSSR count). The third kappa shape index (κ3) is 2.90. The minimum absolute atomic E-state index is 0.0366. The topological polar surface area (TPSA) is 59.6 Å². The first kappa shape index (κ1) is 15.2. The van der Waals surface area contributed by atoms with Crippen LogP contribution in [0.15, 0.2) is 12.1 Å². The highest BCUT2D eigenvalue weighted by Gasteiger charge is 2.28. The molecule has 2 atom stereocenters. The van der Waals surface area contributed by atoms with Crippen LogP contribution in [0.1, 0.15) is 42.9 Å². The molecule has 22 heavy (non-hydrogen) atoms. The fourth-order valence-electron chi connectivity index (χ4n) is 3.46. The van der Waals surface area contributed by atoms with Gasteiger partial charge in [-0.3, -0.25) is 4.79 Å². The molecule has 0 spiro atoms. The molecule has 1 heterocycles. The van der Waals surface area contributed by atoms with Gasteiger partial charge >= 0.3 is 0 Å². The highest BCUT2D eigenvalue weighted by atomic mass is 16.5. The van der Waals surface area contributed by atoms with Crippen molar-refractivity contribution < 1.29 is 14.3 Å². The number of amides is 1. The lowest BCUT2D eigenvalue weighted by atomic mass is 9.87. The molecule has 5 heteroatoms. The van der Waals surface area contributed by atoms with Gasteiger partial charge in [0, 0.05) is 0 Å². The summed E-state index contributed by atoms with van der Waals surface area (Å²) in [6.45, 7) is 0.935. The van der Waals surface area contributed by atoms with Crippen molar-refractivity contribution in [3.63, 3.8) is 0 Å². The van der Waals surface area contributed by atoms with Crippen LogP contribution < -0.4 is 20.1 Å². The number of ether oxygens (including phenoxy) is 2. The van der Waals surface area contributed by atoms with Crippen molar-refractivity contribution in [3.8, 4) is 11.5 Å². The molecule has 0 radical (unpaired) electrons. The highest BCUT2D eigenvalue weighted by Crippen LogP contribution is 2.38. The monoisotopic (exact) mass is 304 g/mol. The van der Waals surface area contributed by atoms with E-state index in [0.717, 1.165) is 55.7 Å². The van der Waals surface area contributed by atoms with E-state index in [0.29, 0.717) is 0 Å². The van der Waals surface area contributed by atoms with Gasteiger partial charge in [-0.2, -0.15) is 0 Å². The van der Waals surface area contributed by atoms with Crippen molar-refractivity contribution in [1.82, 2.24) is 10.6 Å². The van der Waals surface area contributed by atoms with Gasteiger partial charge in [0.15, 0.2) is 11.5 Å². The molecule has 1 aliphatic carbocycles. The van der Waals surface area contributed by atoms with Crippen molar-refractivity contribution in [3.05, 3.63) is 23.3 Å². The van der Waals surface area contributed by atoms with Crippen LogP contribution in [0, 0.1) is 0 Å². The minimum Gasteiger partial charge on any atom is -0.493 e. The predicted molar refractivity (Wildman–Crippen MR) is 84.4 cm³/mol. The lowest BCUT2D eigenvalue weighted by molar-refractivity contribution is -0.123. The maximum Gasteiger partial charge on any atom is 0.237 e. The predicted octanol–water partition coefficient (Wildman–Crippen LogP) is 1.95. The number of benzene rings is 1. The molecule has 0 aromatic heterocycles. The van der Waals surface area contributed by atoms with Crippen LogP contribution in [0.25, 0.3) is 0 Å². The van der Waals surface area contributed by atoms with Crippen molar-refractivity contribution >= 4 is 5.91 Å². The molecular weight excluding hydrogens is 280 g/mol. The van der Waals surface area contributed by atoms with Crippen LogP contribution in [-0.4, -0.2) is 32.7 Å². The summed E-state index contributed by atoms with van der Waals surface area (Å²) in [5.74, 6) is 1.59. The number of hydrogen-bond acceptors (Lipinski definition) is 4. The van der Waals surface area contributed by atoms with Gasteiger partial charge in [-0.25, -0.2) is 0 Å². The molecule has 2 N–H and O–H groups in total. The molecule has 0 saturated carbocycles. The van der Waals surface area contributed by atoms with Crippen LogP contribution >= 0.6 is 0 Å². The van der Waals surface area contributed by atoms with Gasteiger partial charge in [0.05, 0.1) is 26.3 Å². The third-order valence-corrected chi connectivity index (χ3v) is 4.65. The smallest absolute Gasteiger partial charge is 0.237 e. The Balaban J connectivity index is 1.82. The van der Waals surface area contributed by atoms with E-state index >= 15 is 0 Å². The van der Waals surface area contributed by atoms with E-state index in [1.54, 1.807) is 14.2 Å². The molecule has 1 amide bonds. The first-order chi connectivity index (χ1) is 10.7. The molecule has 2 aliphatic rings. The maximum absolute atomic E-state index is 12.4. The minimum atomic E-state index is -0.0366. The highest BCUT2D eigenvalue weighted by molar-refractivity contribution is 5.82. The number of hydrogen-bond donors (Lipinski definition) is 2. The van der Waals surface area contributed by atoms with Gasteiger partial charge in [-0.1, -0.05) is 0 Å². The molecule has 120 valence electrons. The van der Waals surface area contributed by atoms with Crippen molar-refractivity contribution in [2.24, 2.45) is 0 Å². The van der Waals surface area contributed by atoms with E-state index in [1.807, 2.05) is 12.1 Å². The zero-order chi connectivity index (χ0) is 15.5. The largest absolute Gasteiger partial charge is 0.493 e. The zero-order valence-corrected chi connectivity index (χ0v) is 13.3. The first-order valence-corrected chi connectivity index (χ1v) is 8.01. The van der Waals surface area contributed by atoms with E-state index in [9.17, 15) is 4.79 Å². The number of aryl methyl sites for hydroxylation is 1. The van der Waals surface area contributed by atoms with Gasteiger partial charge < -0.3 is 20.1 Å². The lowest BCUT2D eigenvalue weighted by Gasteiger charge is -2.28. The molecule has 1 fully saturated rings. The van der Waals surface area contributed by atoms with Gasteiger partial charge in [0.2, 0.25) is 5.91 Å². The fraction of sp³-hybridized carbons (Fsp3) is 0.588. The van der Waals surface area contributed by atoms with E-state index in [2.05, 4.69) is 10.6 Å². The summed E-state index contributed by atoms with van der Waals surface area (Å²) in [6, 6.07) is 4.09. The first-order valence-electron chi connectivity index (χ1n) is 8.01. The van der Waals surface area contributed by atoms with Gasteiger partial charge in [-0.15, -0.1) is 0 Å². The summed E-state index contributed by atoms with van der Waals surface area (Å²) in [5, 5.41) is 6.46. The Morgan fingerprint density at radius 3 is 2.64 bits per heavy atom. The molecule has 5 nitrogen and oxygen atoms in total. The molecule has 1 aromatic rings.